The Morgan fingerprint density at radius 3 is 1.07 bits per heavy atom. The van der Waals surface area contributed by atoms with Gasteiger partial charge >= 0.3 is 11.4 Å². The second-order valence-electron chi connectivity index (χ2n) is 4.16. The van der Waals surface area contributed by atoms with Crippen LogP contribution in [0.25, 0.3) is 9.95 Å². The fraction of sp³-hybridized carbons (Fsp3) is 0. The second kappa shape index (κ2) is 10.7. The van der Waals surface area contributed by atoms with Crippen LogP contribution in [0, 0.1) is 31.0 Å². The molecule has 0 N–H and O–H groups in total. The molecule has 27 heavy (non-hydrogen) atoms. The van der Waals surface area contributed by atoms with E-state index >= 15 is 0 Å². The van der Waals surface area contributed by atoms with Crippen molar-refractivity contribution in [1.29, 1.82) is 10.8 Å². The van der Waals surface area contributed by atoms with E-state index in [0.29, 0.717) is 11.4 Å². The molecular formula is C12H8N6O8S. The monoisotopic (exact) mass is 396 g/mol. The van der Waals surface area contributed by atoms with Crippen molar-refractivity contribution >= 4 is 33.1 Å². The first-order chi connectivity index (χ1) is 12.5. The molecular weight excluding hydrogens is 388 g/mol. The third-order valence-electron chi connectivity index (χ3n) is 2.35. The fourth-order valence-electron chi connectivity index (χ4n) is 1.28. The minimum atomic E-state index is -5.17. The Kier molecular flexibility index (Phi) is 9.13. The Morgan fingerprint density at radius 2 is 0.926 bits per heavy atom. The zero-order valence-electron chi connectivity index (χ0n) is 13.0. The lowest BCUT2D eigenvalue weighted by molar-refractivity contribution is -0.385. The number of non-ortho nitro benzene ring substituents is 2. The van der Waals surface area contributed by atoms with E-state index in [1.54, 1.807) is 0 Å². The molecule has 0 heterocycles. The normalized spacial score (nSPS) is 9.19. The molecule has 0 atom stereocenters. The van der Waals surface area contributed by atoms with Crippen LogP contribution in [0.4, 0.5) is 22.7 Å². The van der Waals surface area contributed by atoms with Gasteiger partial charge in [-0.3, -0.25) is 28.6 Å². The molecule has 2 aromatic rings. The first kappa shape index (κ1) is 22.9. The standard InChI is InChI=1S/2C6H4N3O2.H2O4S/c2*7-8-5-1-3-6(4-2-5)9(10)11;1-5(2,3)4/h2*1-4H;(H2,1,2,3,4)/q2*+1;/p-2. The quantitative estimate of drug-likeness (QED) is 0.237. The molecule has 2 rings (SSSR count). The number of benzene rings is 2. The van der Waals surface area contributed by atoms with Gasteiger partial charge < -0.3 is 9.11 Å². The number of hydrogen-bond acceptors (Lipinski definition) is 10. The van der Waals surface area contributed by atoms with Crippen molar-refractivity contribution in [3.63, 3.8) is 0 Å². The summed E-state index contributed by atoms with van der Waals surface area (Å²) in [6.07, 6.45) is 0. The molecule has 0 aliphatic heterocycles. The highest BCUT2D eigenvalue weighted by Gasteiger charge is 2.09. The summed E-state index contributed by atoms with van der Waals surface area (Å²) in [6, 6.07) is 10.5. The largest absolute Gasteiger partial charge is 0.759 e. The summed E-state index contributed by atoms with van der Waals surface area (Å²) < 4.78 is 34.1. The number of rotatable bonds is 2. The third-order valence-corrected chi connectivity index (χ3v) is 2.35. The van der Waals surface area contributed by atoms with Crippen LogP contribution < -0.4 is 0 Å². The fourth-order valence-corrected chi connectivity index (χ4v) is 1.28. The summed E-state index contributed by atoms with van der Waals surface area (Å²) >= 11 is 0. The molecule has 15 heteroatoms. The van der Waals surface area contributed by atoms with Crippen LogP contribution in [0.3, 0.4) is 0 Å². The van der Waals surface area contributed by atoms with E-state index in [0.717, 1.165) is 0 Å². The minimum Gasteiger partial charge on any atom is -0.759 e. The van der Waals surface area contributed by atoms with Crippen molar-refractivity contribution in [2.24, 2.45) is 0 Å². The van der Waals surface area contributed by atoms with Gasteiger partial charge in [-0.15, -0.1) is 0 Å². The molecule has 0 aliphatic carbocycles. The van der Waals surface area contributed by atoms with E-state index in [-0.39, 0.29) is 11.4 Å². The first-order valence-corrected chi connectivity index (χ1v) is 7.67. The van der Waals surface area contributed by atoms with Crippen molar-refractivity contribution in [2.45, 2.75) is 0 Å². The van der Waals surface area contributed by atoms with E-state index in [4.69, 9.17) is 28.3 Å². The highest BCUT2D eigenvalue weighted by molar-refractivity contribution is 7.79. The maximum absolute atomic E-state index is 10.1. The van der Waals surface area contributed by atoms with Gasteiger partial charge in [0.05, 0.1) is 9.85 Å². The van der Waals surface area contributed by atoms with Gasteiger partial charge in [-0.25, -0.2) is 0 Å². The van der Waals surface area contributed by atoms with Crippen molar-refractivity contribution in [2.75, 3.05) is 0 Å². The van der Waals surface area contributed by atoms with E-state index in [1.165, 1.54) is 48.5 Å². The van der Waals surface area contributed by atoms with E-state index < -0.39 is 20.2 Å². The minimum absolute atomic E-state index is 0.0163. The van der Waals surface area contributed by atoms with Crippen LogP contribution in [-0.2, 0) is 10.4 Å². The number of nitro groups is 2. The molecule has 0 spiro atoms. The molecule has 0 amide bonds. The lowest BCUT2D eigenvalue weighted by Crippen LogP contribution is -1.91. The Hall–Kier alpha value is -4.05. The van der Waals surface area contributed by atoms with Gasteiger partial charge in [-0.05, 0) is 0 Å². The molecule has 0 aliphatic rings. The Bertz CT molecular complexity index is 901. The molecule has 0 unspecified atom stereocenters. The predicted molar refractivity (Wildman–Crippen MR) is 86.2 cm³/mol. The summed E-state index contributed by atoms with van der Waals surface area (Å²) in [5, 5.41) is 36.7. The van der Waals surface area contributed by atoms with Gasteiger partial charge in [0, 0.05) is 58.9 Å². The van der Waals surface area contributed by atoms with Crippen LogP contribution in [0.15, 0.2) is 48.5 Å². The summed E-state index contributed by atoms with van der Waals surface area (Å²) in [5.41, 5.74) is 0.570. The molecule has 0 radical (unpaired) electrons. The van der Waals surface area contributed by atoms with Crippen LogP contribution in [0.2, 0.25) is 0 Å². The molecule has 0 saturated carbocycles. The molecule has 0 bridgehead atoms. The average Bonchev–Trinajstić information content (AvgIpc) is 2.61. The van der Waals surface area contributed by atoms with Crippen LogP contribution in [0.5, 0.6) is 0 Å². The van der Waals surface area contributed by atoms with E-state index in [9.17, 15) is 20.2 Å². The molecule has 140 valence electrons. The summed E-state index contributed by atoms with van der Waals surface area (Å²) in [6.45, 7) is 0. The number of nitro benzene ring substituents is 2. The van der Waals surface area contributed by atoms with Gasteiger partial charge in [0.15, 0.2) is 9.95 Å². The highest BCUT2D eigenvalue weighted by atomic mass is 32.3. The van der Waals surface area contributed by atoms with Crippen molar-refractivity contribution in [3.8, 4) is 0 Å². The Labute approximate surface area is 150 Å². The topological polar surface area (TPSA) is 223 Å². The summed E-state index contributed by atoms with van der Waals surface area (Å²) in [7, 11) is -5.17. The average molecular weight is 396 g/mol. The highest BCUT2D eigenvalue weighted by Crippen LogP contribution is 2.17. The van der Waals surface area contributed by atoms with Crippen LogP contribution >= 0.6 is 0 Å². The van der Waals surface area contributed by atoms with Crippen molar-refractivity contribution in [3.05, 3.63) is 78.7 Å². The van der Waals surface area contributed by atoms with Gasteiger partial charge in [-0.1, -0.05) is 0 Å². The molecule has 14 nitrogen and oxygen atoms in total. The Balaban J connectivity index is 0.000000405. The van der Waals surface area contributed by atoms with Gasteiger partial charge in [0.25, 0.3) is 11.4 Å². The maximum Gasteiger partial charge on any atom is 0.385 e. The van der Waals surface area contributed by atoms with E-state index in [1.807, 2.05) is 0 Å². The van der Waals surface area contributed by atoms with Gasteiger partial charge in [0.2, 0.25) is 10.8 Å². The molecule has 0 saturated heterocycles. The number of nitrogens with zero attached hydrogens (tertiary/aromatic N) is 6. The van der Waals surface area contributed by atoms with Gasteiger partial charge in [-0.2, -0.15) is 0 Å². The number of diazo groups is 2. The zero-order chi connectivity index (χ0) is 21.0. The SMILES string of the molecule is N#[N+]c1ccc([N+](=O)[O-])cc1.N#[N+]c1ccc([N+](=O)[O-])cc1.O=S(=O)([O-])[O-]. The summed E-state index contributed by atoms with van der Waals surface area (Å²) in [4.78, 5) is 24.9. The molecule has 0 fully saturated rings. The molecule has 2 aromatic carbocycles. The van der Waals surface area contributed by atoms with E-state index in [2.05, 4.69) is 9.95 Å². The van der Waals surface area contributed by atoms with Crippen molar-refractivity contribution < 1.29 is 27.4 Å². The van der Waals surface area contributed by atoms with Crippen molar-refractivity contribution in [1.82, 2.24) is 0 Å². The number of hydrogen-bond donors (Lipinski definition) is 0. The second-order valence-corrected chi connectivity index (χ2v) is 4.97. The van der Waals surface area contributed by atoms with Gasteiger partial charge in [0.1, 0.15) is 0 Å². The zero-order valence-corrected chi connectivity index (χ0v) is 13.8. The smallest absolute Gasteiger partial charge is 0.385 e. The molecule has 0 aromatic heterocycles. The lowest BCUT2D eigenvalue weighted by atomic mass is 10.3. The maximum atomic E-state index is 10.1. The summed E-state index contributed by atoms with van der Waals surface area (Å²) in [5.74, 6) is 0. The first-order valence-electron chi connectivity index (χ1n) is 6.33. The third kappa shape index (κ3) is 11.2. The lowest BCUT2D eigenvalue weighted by Gasteiger charge is -2.06. The predicted octanol–water partition coefficient (Wildman–Crippen LogP) is 2.82. The Morgan fingerprint density at radius 1 is 0.704 bits per heavy atom. The van der Waals surface area contributed by atoms with Crippen LogP contribution in [0.1, 0.15) is 0 Å². The van der Waals surface area contributed by atoms with Crippen LogP contribution in [-0.4, -0.2) is 27.4 Å².